The summed E-state index contributed by atoms with van der Waals surface area (Å²) in [6.45, 7) is 2.35. The monoisotopic (exact) mass is 290 g/mol. The molecular formula is C12H18O8. The topological polar surface area (TPSA) is 156 Å². The average Bonchev–Trinajstić information content (AvgIpc) is 2.33. The molecule has 0 fully saturated rings. The Labute approximate surface area is 114 Å². The molecule has 114 valence electrons. The lowest BCUT2D eigenvalue weighted by atomic mass is 9.99. The van der Waals surface area contributed by atoms with E-state index in [1.54, 1.807) is 0 Å². The summed E-state index contributed by atoms with van der Waals surface area (Å²) in [6, 6.07) is 0. The summed E-state index contributed by atoms with van der Waals surface area (Å²) in [5.74, 6) is -5.58. The van der Waals surface area contributed by atoms with Crippen LogP contribution in [0, 0.1) is 0 Å². The fourth-order valence-corrected chi connectivity index (χ4v) is 1.26. The standard InChI is InChI=1S/C12H18O8/c1-6(10(15)16)3-4-8(13)9(14)12(19,20)5-7(2)11(17)18/h3,5,8-9,13-14,19-20H,4H2,1-2H3,(H,15,16)(H,17,18). The summed E-state index contributed by atoms with van der Waals surface area (Å²) in [5.41, 5.74) is -0.520. The molecule has 0 rings (SSSR count). The Morgan fingerprint density at radius 3 is 1.90 bits per heavy atom. The van der Waals surface area contributed by atoms with Crippen LogP contribution in [0.3, 0.4) is 0 Å². The van der Waals surface area contributed by atoms with Crippen LogP contribution in [0.25, 0.3) is 0 Å². The van der Waals surface area contributed by atoms with Crippen LogP contribution in [0.2, 0.25) is 0 Å². The van der Waals surface area contributed by atoms with Crippen LogP contribution in [0.4, 0.5) is 0 Å². The molecule has 8 nitrogen and oxygen atoms in total. The molecule has 0 amide bonds. The van der Waals surface area contributed by atoms with Gasteiger partial charge in [0.05, 0.1) is 6.10 Å². The van der Waals surface area contributed by atoms with E-state index in [1.165, 1.54) is 6.92 Å². The summed E-state index contributed by atoms with van der Waals surface area (Å²) in [7, 11) is 0. The Hall–Kier alpha value is -1.74. The van der Waals surface area contributed by atoms with E-state index < -0.39 is 35.5 Å². The molecular weight excluding hydrogens is 272 g/mol. The number of hydrogen-bond donors (Lipinski definition) is 6. The summed E-state index contributed by atoms with van der Waals surface area (Å²) >= 11 is 0. The molecule has 0 saturated heterocycles. The van der Waals surface area contributed by atoms with Gasteiger partial charge in [-0.3, -0.25) is 0 Å². The van der Waals surface area contributed by atoms with Gasteiger partial charge in [-0.05, 0) is 26.3 Å². The first-order valence-corrected chi connectivity index (χ1v) is 5.62. The van der Waals surface area contributed by atoms with Crippen molar-refractivity contribution in [2.75, 3.05) is 0 Å². The van der Waals surface area contributed by atoms with E-state index >= 15 is 0 Å². The molecule has 2 atom stereocenters. The normalized spacial score (nSPS) is 16.7. The van der Waals surface area contributed by atoms with Gasteiger partial charge in [0.2, 0.25) is 5.79 Å². The summed E-state index contributed by atoms with van der Waals surface area (Å²) in [5, 5.41) is 55.3. The van der Waals surface area contributed by atoms with Crippen molar-refractivity contribution in [3.63, 3.8) is 0 Å². The molecule has 0 aliphatic rings. The third-order valence-corrected chi connectivity index (χ3v) is 2.57. The molecule has 2 unspecified atom stereocenters. The van der Waals surface area contributed by atoms with Gasteiger partial charge in [-0.25, -0.2) is 9.59 Å². The van der Waals surface area contributed by atoms with Crippen LogP contribution in [-0.4, -0.2) is 60.6 Å². The van der Waals surface area contributed by atoms with E-state index in [-0.39, 0.29) is 12.0 Å². The first-order chi connectivity index (χ1) is 8.99. The molecule has 0 saturated carbocycles. The number of carbonyl (C=O) groups is 2. The van der Waals surface area contributed by atoms with Crippen molar-refractivity contribution in [2.24, 2.45) is 0 Å². The second kappa shape index (κ2) is 7.15. The first kappa shape index (κ1) is 18.3. The number of carboxylic acids is 2. The summed E-state index contributed by atoms with van der Waals surface area (Å²) in [6.07, 6.45) is -2.55. The van der Waals surface area contributed by atoms with Crippen molar-refractivity contribution in [1.29, 1.82) is 0 Å². The minimum atomic E-state index is -2.95. The second-order valence-electron chi connectivity index (χ2n) is 4.36. The Bertz CT molecular complexity index is 435. The molecule has 8 heteroatoms. The third kappa shape index (κ3) is 5.49. The zero-order valence-electron chi connectivity index (χ0n) is 11.0. The van der Waals surface area contributed by atoms with Crippen molar-refractivity contribution >= 4 is 11.9 Å². The van der Waals surface area contributed by atoms with Crippen LogP contribution < -0.4 is 0 Å². The largest absolute Gasteiger partial charge is 0.478 e. The maximum Gasteiger partial charge on any atom is 0.331 e. The number of aliphatic hydroxyl groups is 4. The minimum absolute atomic E-state index is 0.0880. The molecule has 0 aromatic carbocycles. The van der Waals surface area contributed by atoms with Gasteiger partial charge < -0.3 is 30.6 Å². The highest BCUT2D eigenvalue weighted by Crippen LogP contribution is 2.17. The maximum absolute atomic E-state index is 10.6. The van der Waals surface area contributed by atoms with Crippen molar-refractivity contribution in [3.05, 3.63) is 23.3 Å². The number of carboxylic acid groups (broad SMARTS) is 2. The fraction of sp³-hybridized carbons (Fsp3) is 0.500. The van der Waals surface area contributed by atoms with Crippen molar-refractivity contribution < 1.29 is 40.2 Å². The third-order valence-electron chi connectivity index (χ3n) is 2.57. The van der Waals surface area contributed by atoms with Gasteiger partial charge in [0.1, 0.15) is 6.10 Å². The lowest BCUT2D eigenvalue weighted by Gasteiger charge is -2.28. The number of aliphatic carboxylic acids is 2. The van der Waals surface area contributed by atoms with Gasteiger partial charge in [0, 0.05) is 11.1 Å². The minimum Gasteiger partial charge on any atom is -0.478 e. The molecule has 0 radical (unpaired) electrons. The van der Waals surface area contributed by atoms with Crippen molar-refractivity contribution in [1.82, 2.24) is 0 Å². The predicted octanol–water partition coefficient (Wildman–Crippen LogP) is -1.16. The highest BCUT2D eigenvalue weighted by Gasteiger charge is 2.36. The maximum atomic E-state index is 10.6. The zero-order chi connectivity index (χ0) is 16.1. The fourth-order valence-electron chi connectivity index (χ4n) is 1.26. The van der Waals surface area contributed by atoms with Crippen molar-refractivity contribution in [3.8, 4) is 0 Å². The highest BCUT2D eigenvalue weighted by molar-refractivity contribution is 5.86. The number of rotatable bonds is 7. The average molecular weight is 290 g/mol. The zero-order valence-corrected chi connectivity index (χ0v) is 11.0. The van der Waals surface area contributed by atoms with Gasteiger partial charge in [-0.1, -0.05) is 6.08 Å². The lowest BCUT2D eigenvalue weighted by Crippen LogP contribution is -2.48. The lowest BCUT2D eigenvalue weighted by molar-refractivity contribution is -0.214. The van der Waals surface area contributed by atoms with Gasteiger partial charge in [-0.15, -0.1) is 0 Å². The van der Waals surface area contributed by atoms with Crippen LogP contribution >= 0.6 is 0 Å². The van der Waals surface area contributed by atoms with Gasteiger partial charge in [-0.2, -0.15) is 0 Å². The van der Waals surface area contributed by atoms with Crippen LogP contribution in [-0.2, 0) is 9.59 Å². The molecule has 0 aliphatic heterocycles. The van der Waals surface area contributed by atoms with E-state index in [9.17, 15) is 30.0 Å². The number of hydrogen-bond acceptors (Lipinski definition) is 6. The van der Waals surface area contributed by atoms with E-state index in [1.807, 2.05) is 0 Å². The SMILES string of the molecule is CC(=CCC(O)C(O)C(O)(O)C=C(C)C(=O)O)C(=O)O. The molecule has 0 spiro atoms. The summed E-state index contributed by atoms with van der Waals surface area (Å²) in [4.78, 5) is 21.1. The van der Waals surface area contributed by atoms with Crippen LogP contribution in [0.5, 0.6) is 0 Å². The molecule has 20 heavy (non-hydrogen) atoms. The van der Waals surface area contributed by atoms with E-state index in [2.05, 4.69) is 0 Å². The molecule has 6 N–H and O–H groups in total. The van der Waals surface area contributed by atoms with Crippen LogP contribution in [0.1, 0.15) is 20.3 Å². The molecule has 0 heterocycles. The molecule has 0 aromatic rings. The van der Waals surface area contributed by atoms with Gasteiger partial charge in [0.15, 0.2) is 0 Å². The Balaban J connectivity index is 4.92. The molecule has 0 bridgehead atoms. The van der Waals surface area contributed by atoms with Crippen molar-refractivity contribution in [2.45, 2.75) is 38.3 Å². The van der Waals surface area contributed by atoms with E-state index in [0.717, 1.165) is 13.0 Å². The Morgan fingerprint density at radius 2 is 1.50 bits per heavy atom. The summed E-state index contributed by atoms with van der Waals surface area (Å²) < 4.78 is 0. The van der Waals surface area contributed by atoms with E-state index in [4.69, 9.17) is 10.2 Å². The number of aliphatic hydroxyl groups excluding tert-OH is 2. The van der Waals surface area contributed by atoms with E-state index in [0.29, 0.717) is 6.08 Å². The van der Waals surface area contributed by atoms with Gasteiger partial charge in [0.25, 0.3) is 0 Å². The second-order valence-corrected chi connectivity index (χ2v) is 4.36. The Kier molecular flexibility index (Phi) is 6.53. The first-order valence-electron chi connectivity index (χ1n) is 5.62. The smallest absolute Gasteiger partial charge is 0.331 e. The van der Waals surface area contributed by atoms with Crippen LogP contribution in [0.15, 0.2) is 23.3 Å². The van der Waals surface area contributed by atoms with Gasteiger partial charge >= 0.3 is 11.9 Å². The molecule has 0 aromatic heterocycles. The highest BCUT2D eigenvalue weighted by atomic mass is 16.5. The Morgan fingerprint density at radius 1 is 1.05 bits per heavy atom. The molecule has 0 aliphatic carbocycles. The predicted molar refractivity (Wildman–Crippen MR) is 66.6 cm³/mol. The quantitative estimate of drug-likeness (QED) is 0.253.